The molecule has 0 bridgehead atoms. The Morgan fingerprint density at radius 1 is 1.29 bits per heavy atom. The Morgan fingerprint density at radius 2 is 2.06 bits per heavy atom. The summed E-state index contributed by atoms with van der Waals surface area (Å²) in [4.78, 5) is 34.0. The van der Waals surface area contributed by atoms with Crippen LogP contribution in [-0.2, 0) is 9.47 Å². The molecule has 0 radical (unpaired) electrons. The summed E-state index contributed by atoms with van der Waals surface area (Å²) in [7, 11) is 0. The lowest BCUT2D eigenvalue weighted by atomic mass is 10.1. The molecule has 0 spiro atoms. The summed E-state index contributed by atoms with van der Waals surface area (Å²) >= 11 is 5.97. The highest BCUT2D eigenvalue weighted by Crippen LogP contribution is 2.39. The average Bonchev–Trinajstić information content (AvgIpc) is 3.28. The Labute approximate surface area is 204 Å². The van der Waals surface area contributed by atoms with E-state index < -0.39 is 22.4 Å². The van der Waals surface area contributed by atoms with Crippen molar-refractivity contribution in [2.24, 2.45) is 0 Å². The van der Waals surface area contributed by atoms with E-state index in [1.807, 2.05) is 0 Å². The molecular formula is C23H22ClFN4O6. The summed E-state index contributed by atoms with van der Waals surface area (Å²) in [5.41, 5.74) is -0.770. The number of carbonyl (C=O) groups is 1. The van der Waals surface area contributed by atoms with Gasteiger partial charge in [-0.1, -0.05) is 11.6 Å². The number of carbonyl (C=O) groups excluding carboxylic acids is 1. The Hall–Kier alpha value is -3.57. The van der Waals surface area contributed by atoms with Crippen LogP contribution in [0.5, 0.6) is 5.75 Å². The molecule has 1 atom stereocenters. The average molecular weight is 505 g/mol. The summed E-state index contributed by atoms with van der Waals surface area (Å²) < 4.78 is 30.5. The first-order chi connectivity index (χ1) is 16.5. The van der Waals surface area contributed by atoms with Gasteiger partial charge in [-0.2, -0.15) is 0 Å². The Morgan fingerprint density at radius 3 is 2.69 bits per heavy atom. The molecule has 2 heterocycles. The number of aromatic nitrogens is 2. The van der Waals surface area contributed by atoms with Gasteiger partial charge in [-0.3, -0.25) is 10.1 Å². The first kappa shape index (κ1) is 24.6. The van der Waals surface area contributed by atoms with Crippen molar-refractivity contribution in [1.29, 1.82) is 0 Å². The van der Waals surface area contributed by atoms with E-state index in [0.717, 1.165) is 11.0 Å². The van der Waals surface area contributed by atoms with Crippen molar-refractivity contribution in [1.82, 2.24) is 9.97 Å². The van der Waals surface area contributed by atoms with Gasteiger partial charge >= 0.3 is 11.8 Å². The summed E-state index contributed by atoms with van der Waals surface area (Å²) in [5, 5.41) is 11.8. The molecule has 1 saturated heterocycles. The number of hydrogen-bond acceptors (Lipinski definition) is 8. The maximum Gasteiger partial charge on any atom is 0.420 e. The van der Waals surface area contributed by atoms with Gasteiger partial charge in [0.25, 0.3) is 0 Å². The van der Waals surface area contributed by atoms with Crippen LogP contribution in [0.1, 0.15) is 27.2 Å². The van der Waals surface area contributed by atoms with Gasteiger partial charge in [-0.05, 0) is 39.0 Å². The zero-order chi connectivity index (χ0) is 25.3. The van der Waals surface area contributed by atoms with Gasteiger partial charge in [-0.25, -0.2) is 24.1 Å². The lowest BCUT2D eigenvalue weighted by molar-refractivity contribution is -0.385. The van der Waals surface area contributed by atoms with Crippen molar-refractivity contribution in [2.75, 3.05) is 18.1 Å². The smallest absolute Gasteiger partial charge is 0.420 e. The highest BCUT2D eigenvalue weighted by atomic mass is 35.5. The molecule has 1 aliphatic heterocycles. The SMILES string of the molecule is CC(C)(C)OC(=O)N(c1ccc(F)c(Cl)c1)c1ncnc2cc(OC3CCOC3)c([N+](=O)[O-])cc12. The van der Waals surface area contributed by atoms with Gasteiger partial charge in [-0.15, -0.1) is 0 Å². The maximum atomic E-state index is 13.9. The van der Waals surface area contributed by atoms with E-state index in [2.05, 4.69) is 9.97 Å². The summed E-state index contributed by atoms with van der Waals surface area (Å²) in [6.45, 7) is 5.87. The van der Waals surface area contributed by atoms with Crippen LogP contribution in [0, 0.1) is 15.9 Å². The second kappa shape index (κ2) is 9.59. The molecule has 10 nitrogen and oxygen atoms in total. The predicted octanol–water partition coefficient (Wildman–Crippen LogP) is 5.57. The molecule has 0 N–H and O–H groups in total. The largest absolute Gasteiger partial charge is 0.481 e. The molecule has 1 aromatic heterocycles. The lowest BCUT2D eigenvalue weighted by Gasteiger charge is -2.27. The number of amides is 1. The number of hydrogen-bond donors (Lipinski definition) is 0. The molecule has 1 unspecified atom stereocenters. The highest BCUT2D eigenvalue weighted by molar-refractivity contribution is 6.31. The second-order valence-corrected chi connectivity index (χ2v) is 9.22. The van der Waals surface area contributed by atoms with Gasteiger partial charge in [0, 0.05) is 18.6 Å². The number of benzene rings is 2. The fourth-order valence-electron chi connectivity index (χ4n) is 3.51. The van der Waals surface area contributed by atoms with Crippen molar-refractivity contribution in [2.45, 2.75) is 38.9 Å². The number of halogens is 2. The topological polar surface area (TPSA) is 117 Å². The van der Waals surface area contributed by atoms with Crippen molar-refractivity contribution < 1.29 is 28.3 Å². The van der Waals surface area contributed by atoms with Crippen molar-refractivity contribution in [3.8, 4) is 5.75 Å². The number of fused-ring (bicyclic) bond motifs is 1. The fourth-order valence-corrected chi connectivity index (χ4v) is 3.68. The third kappa shape index (κ3) is 5.41. The van der Waals surface area contributed by atoms with Gasteiger partial charge in [0.2, 0.25) is 0 Å². The molecule has 3 aromatic rings. The van der Waals surface area contributed by atoms with E-state index in [9.17, 15) is 19.3 Å². The number of nitro benzene ring substituents is 1. The first-order valence-electron chi connectivity index (χ1n) is 10.7. The molecule has 1 aliphatic rings. The normalized spacial score (nSPS) is 15.7. The first-order valence-corrected chi connectivity index (χ1v) is 11.1. The van der Waals surface area contributed by atoms with Crippen LogP contribution in [0.4, 0.5) is 26.4 Å². The molecule has 12 heteroatoms. The van der Waals surface area contributed by atoms with Crippen LogP contribution < -0.4 is 9.64 Å². The molecular weight excluding hydrogens is 483 g/mol. The van der Waals surface area contributed by atoms with Crippen LogP contribution in [0.3, 0.4) is 0 Å². The van der Waals surface area contributed by atoms with Crippen molar-refractivity contribution in [3.05, 3.63) is 57.6 Å². The second-order valence-electron chi connectivity index (χ2n) is 8.81. The van der Waals surface area contributed by atoms with E-state index in [1.54, 1.807) is 20.8 Å². The standard InChI is InChI=1S/C23H22ClFN4O6/c1-23(2,3)35-22(30)28(13-4-5-17(25)16(24)8-13)21-15-9-19(29(31)32)20(10-18(15)26-12-27-21)34-14-6-7-33-11-14/h4-5,8-10,12,14H,6-7,11H2,1-3H3. The summed E-state index contributed by atoms with van der Waals surface area (Å²) in [6.07, 6.45) is 0.634. The summed E-state index contributed by atoms with van der Waals surface area (Å²) in [6, 6.07) is 6.31. The maximum absolute atomic E-state index is 13.9. The van der Waals surface area contributed by atoms with Gasteiger partial charge < -0.3 is 14.2 Å². The molecule has 4 rings (SSSR count). The van der Waals surface area contributed by atoms with Crippen LogP contribution in [0.2, 0.25) is 5.02 Å². The minimum absolute atomic E-state index is 0.00854. The number of ether oxygens (including phenoxy) is 3. The van der Waals surface area contributed by atoms with E-state index >= 15 is 0 Å². The molecule has 2 aromatic carbocycles. The fraction of sp³-hybridized carbons (Fsp3) is 0.348. The zero-order valence-corrected chi connectivity index (χ0v) is 19.9. The number of rotatable bonds is 5. The molecule has 0 aliphatic carbocycles. The minimum atomic E-state index is -0.877. The Balaban J connectivity index is 1.88. The van der Waals surface area contributed by atoms with Crippen LogP contribution in [0.15, 0.2) is 36.7 Å². The molecule has 184 valence electrons. The van der Waals surface area contributed by atoms with Crippen LogP contribution in [-0.4, -0.2) is 45.9 Å². The van der Waals surface area contributed by atoms with E-state index in [4.69, 9.17) is 25.8 Å². The van der Waals surface area contributed by atoms with Gasteiger partial charge in [0.05, 0.1) is 39.8 Å². The number of nitro groups is 1. The Kier molecular flexibility index (Phi) is 6.73. The predicted molar refractivity (Wildman–Crippen MR) is 126 cm³/mol. The van der Waals surface area contributed by atoms with Gasteiger partial charge in [0.1, 0.15) is 23.8 Å². The molecule has 0 saturated carbocycles. The van der Waals surface area contributed by atoms with Crippen molar-refractivity contribution >= 4 is 45.8 Å². The quantitative estimate of drug-likeness (QED) is 0.327. The lowest BCUT2D eigenvalue weighted by Crippen LogP contribution is -2.34. The number of nitrogens with zero attached hydrogens (tertiary/aromatic N) is 4. The zero-order valence-electron chi connectivity index (χ0n) is 19.2. The minimum Gasteiger partial charge on any atom is -0.481 e. The third-order valence-electron chi connectivity index (χ3n) is 5.02. The van der Waals surface area contributed by atoms with Crippen LogP contribution in [0.25, 0.3) is 10.9 Å². The van der Waals surface area contributed by atoms with E-state index in [1.165, 1.54) is 30.6 Å². The molecule has 35 heavy (non-hydrogen) atoms. The highest BCUT2D eigenvalue weighted by Gasteiger charge is 2.30. The number of anilines is 2. The Bertz CT molecular complexity index is 1290. The van der Waals surface area contributed by atoms with E-state index in [-0.39, 0.29) is 45.0 Å². The monoisotopic (exact) mass is 504 g/mol. The molecule has 1 fully saturated rings. The summed E-state index contributed by atoms with van der Waals surface area (Å²) in [5.74, 6) is -0.664. The van der Waals surface area contributed by atoms with E-state index in [0.29, 0.717) is 19.6 Å². The van der Waals surface area contributed by atoms with Gasteiger partial charge in [0.15, 0.2) is 11.6 Å². The van der Waals surface area contributed by atoms with Crippen molar-refractivity contribution in [3.63, 3.8) is 0 Å². The molecule has 1 amide bonds. The van der Waals surface area contributed by atoms with Crippen LogP contribution >= 0.6 is 11.6 Å². The third-order valence-corrected chi connectivity index (χ3v) is 5.31.